The van der Waals surface area contributed by atoms with E-state index in [9.17, 15) is 0 Å². The van der Waals surface area contributed by atoms with E-state index >= 15 is 0 Å². The predicted molar refractivity (Wildman–Crippen MR) is 69.1 cm³/mol. The van der Waals surface area contributed by atoms with Gasteiger partial charge in [0.15, 0.2) is 0 Å². The molecule has 2 aromatic rings. The number of nitrogens with one attached hydrogen (secondary N) is 1. The van der Waals surface area contributed by atoms with Gasteiger partial charge in [0, 0.05) is 17.6 Å². The van der Waals surface area contributed by atoms with Crippen molar-refractivity contribution in [2.75, 3.05) is 6.54 Å². The van der Waals surface area contributed by atoms with Gasteiger partial charge in [0.2, 0.25) is 0 Å². The van der Waals surface area contributed by atoms with Gasteiger partial charge in [-0.3, -0.25) is 0 Å². The Kier molecular flexibility index (Phi) is 2.65. The molecular weight excluding hydrogens is 216 g/mol. The second-order valence-electron chi connectivity index (χ2n) is 4.70. The van der Waals surface area contributed by atoms with Crippen LogP contribution in [0, 0.1) is 0 Å². The third kappa shape index (κ3) is 1.85. The quantitative estimate of drug-likeness (QED) is 0.817. The molecule has 0 bridgehead atoms. The molecule has 1 aliphatic heterocycles. The minimum absolute atomic E-state index is 0.648. The van der Waals surface area contributed by atoms with E-state index in [0.29, 0.717) is 6.04 Å². The van der Waals surface area contributed by atoms with Crippen molar-refractivity contribution in [3.05, 3.63) is 30.0 Å². The Morgan fingerprint density at radius 3 is 3.25 bits per heavy atom. The molecule has 3 heteroatoms. The Morgan fingerprint density at radius 2 is 2.38 bits per heavy atom. The minimum Gasteiger partial charge on any atom is -0.314 e. The second kappa shape index (κ2) is 4.15. The summed E-state index contributed by atoms with van der Waals surface area (Å²) in [6, 6.07) is 7.47. The summed E-state index contributed by atoms with van der Waals surface area (Å²) in [6.45, 7) is 3.42. The van der Waals surface area contributed by atoms with Crippen LogP contribution in [-0.2, 0) is 0 Å². The van der Waals surface area contributed by atoms with Crippen molar-refractivity contribution >= 4 is 21.6 Å². The molecule has 1 N–H and O–H groups in total. The molecular formula is C13H16N2S. The molecule has 2 heterocycles. The van der Waals surface area contributed by atoms with Crippen LogP contribution in [0.15, 0.2) is 24.4 Å². The summed E-state index contributed by atoms with van der Waals surface area (Å²) in [5.74, 6) is 0.723. The summed E-state index contributed by atoms with van der Waals surface area (Å²) < 4.78 is 5.53. The number of piperidine rings is 1. The zero-order chi connectivity index (χ0) is 11.0. The van der Waals surface area contributed by atoms with Crippen LogP contribution in [0.4, 0.5) is 0 Å². The van der Waals surface area contributed by atoms with E-state index < -0.39 is 0 Å². The van der Waals surface area contributed by atoms with Gasteiger partial charge in [-0.05, 0) is 61.5 Å². The van der Waals surface area contributed by atoms with Gasteiger partial charge in [-0.2, -0.15) is 4.37 Å². The van der Waals surface area contributed by atoms with Crippen LogP contribution >= 0.6 is 11.5 Å². The van der Waals surface area contributed by atoms with Gasteiger partial charge in [-0.15, -0.1) is 0 Å². The van der Waals surface area contributed by atoms with E-state index in [2.05, 4.69) is 34.8 Å². The highest BCUT2D eigenvalue weighted by molar-refractivity contribution is 7.13. The van der Waals surface area contributed by atoms with Crippen LogP contribution in [-0.4, -0.2) is 17.0 Å². The fourth-order valence-electron chi connectivity index (χ4n) is 2.58. The summed E-state index contributed by atoms with van der Waals surface area (Å²) in [5.41, 5.74) is 1.49. The van der Waals surface area contributed by atoms with Gasteiger partial charge >= 0.3 is 0 Å². The average molecular weight is 232 g/mol. The summed E-state index contributed by atoms with van der Waals surface area (Å²) in [7, 11) is 0. The molecule has 0 radical (unpaired) electrons. The van der Waals surface area contributed by atoms with Crippen molar-refractivity contribution in [3.63, 3.8) is 0 Å². The smallest absolute Gasteiger partial charge is 0.0550 e. The van der Waals surface area contributed by atoms with E-state index in [0.717, 1.165) is 12.5 Å². The van der Waals surface area contributed by atoms with E-state index in [-0.39, 0.29) is 0 Å². The Morgan fingerprint density at radius 1 is 1.44 bits per heavy atom. The van der Waals surface area contributed by atoms with Gasteiger partial charge in [0.25, 0.3) is 0 Å². The average Bonchev–Trinajstić information content (AvgIpc) is 2.75. The highest BCUT2D eigenvalue weighted by Crippen LogP contribution is 2.30. The molecule has 2 atom stereocenters. The Hall–Kier alpha value is -0.930. The lowest BCUT2D eigenvalue weighted by Crippen LogP contribution is -2.34. The van der Waals surface area contributed by atoms with Crippen molar-refractivity contribution in [2.45, 2.75) is 31.7 Å². The molecule has 16 heavy (non-hydrogen) atoms. The topological polar surface area (TPSA) is 24.9 Å². The number of aromatic nitrogens is 1. The summed E-state index contributed by atoms with van der Waals surface area (Å²) in [4.78, 5) is 0. The van der Waals surface area contributed by atoms with Gasteiger partial charge in [-0.1, -0.05) is 6.07 Å². The number of rotatable bonds is 1. The molecule has 0 spiro atoms. The standard InChI is InChI=1S/C13H16N2S/c1-9-6-11(4-5-14-9)10-2-3-13-12(7-10)8-15-16-13/h2-3,7-9,11,14H,4-6H2,1H3. The van der Waals surface area contributed by atoms with E-state index in [4.69, 9.17) is 0 Å². The number of hydrogen-bond acceptors (Lipinski definition) is 3. The summed E-state index contributed by atoms with van der Waals surface area (Å²) >= 11 is 1.58. The molecule has 84 valence electrons. The molecule has 2 unspecified atom stereocenters. The maximum absolute atomic E-state index is 4.23. The number of benzene rings is 1. The SMILES string of the molecule is CC1CC(c2ccc3sncc3c2)CCN1. The first-order valence-corrected chi connectivity index (χ1v) is 6.68. The Labute approximate surface area is 99.8 Å². The molecule has 1 aromatic carbocycles. The van der Waals surface area contributed by atoms with Gasteiger partial charge in [0.05, 0.1) is 4.70 Å². The monoisotopic (exact) mass is 232 g/mol. The van der Waals surface area contributed by atoms with Gasteiger partial charge in [0.1, 0.15) is 0 Å². The molecule has 2 nitrogen and oxygen atoms in total. The number of fused-ring (bicyclic) bond motifs is 1. The predicted octanol–water partition coefficient (Wildman–Crippen LogP) is 3.15. The number of hydrogen-bond donors (Lipinski definition) is 1. The molecule has 1 aromatic heterocycles. The molecule has 1 aliphatic rings. The maximum atomic E-state index is 4.23. The molecule has 3 rings (SSSR count). The van der Waals surface area contributed by atoms with Crippen molar-refractivity contribution in [2.24, 2.45) is 0 Å². The molecule has 0 saturated carbocycles. The van der Waals surface area contributed by atoms with Crippen molar-refractivity contribution in [3.8, 4) is 0 Å². The van der Waals surface area contributed by atoms with Crippen molar-refractivity contribution in [1.29, 1.82) is 0 Å². The van der Waals surface area contributed by atoms with E-state index in [1.165, 1.54) is 28.5 Å². The van der Waals surface area contributed by atoms with Crippen molar-refractivity contribution < 1.29 is 0 Å². The van der Waals surface area contributed by atoms with E-state index in [1.54, 1.807) is 11.5 Å². The third-order valence-corrected chi connectivity index (χ3v) is 4.25. The summed E-state index contributed by atoms with van der Waals surface area (Å²) in [6.07, 6.45) is 4.49. The first kappa shape index (κ1) is 10.2. The lowest BCUT2D eigenvalue weighted by Gasteiger charge is -2.28. The van der Waals surface area contributed by atoms with Crippen LogP contribution < -0.4 is 5.32 Å². The third-order valence-electron chi connectivity index (χ3n) is 3.47. The maximum Gasteiger partial charge on any atom is 0.0550 e. The minimum atomic E-state index is 0.648. The van der Waals surface area contributed by atoms with Crippen LogP contribution in [0.2, 0.25) is 0 Å². The molecule has 0 amide bonds. The lowest BCUT2D eigenvalue weighted by molar-refractivity contribution is 0.381. The Bertz CT molecular complexity index is 491. The fraction of sp³-hybridized carbons (Fsp3) is 0.462. The van der Waals surface area contributed by atoms with Crippen LogP contribution in [0.1, 0.15) is 31.2 Å². The second-order valence-corrected chi connectivity index (χ2v) is 5.53. The molecule has 1 saturated heterocycles. The number of nitrogens with zero attached hydrogens (tertiary/aromatic N) is 1. The first-order valence-electron chi connectivity index (χ1n) is 5.90. The lowest BCUT2D eigenvalue weighted by atomic mass is 9.87. The first-order chi connectivity index (χ1) is 7.83. The van der Waals surface area contributed by atoms with Crippen LogP contribution in [0.3, 0.4) is 0 Å². The van der Waals surface area contributed by atoms with Crippen LogP contribution in [0.25, 0.3) is 10.1 Å². The largest absolute Gasteiger partial charge is 0.314 e. The molecule has 0 aliphatic carbocycles. The Balaban J connectivity index is 1.92. The van der Waals surface area contributed by atoms with Gasteiger partial charge in [-0.25, -0.2) is 0 Å². The normalized spacial score (nSPS) is 26.1. The fourth-order valence-corrected chi connectivity index (χ4v) is 3.21. The summed E-state index contributed by atoms with van der Waals surface area (Å²) in [5, 5.41) is 4.80. The van der Waals surface area contributed by atoms with Crippen molar-refractivity contribution in [1.82, 2.24) is 9.69 Å². The van der Waals surface area contributed by atoms with Crippen LogP contribution in [0.5, 0.6) is 0 Å². The molecule has 1 fully saturated rings. The van der Waals surface area contributed by atoms with Gasteiger partial charge < -0.3 is 5.32 Å². The highest BCUT2D eigenvalue weighted by Gasteiger charge is 2.19. The zero-order valence-corrected chi connectivity index (χ0v) is 10.3. The van der Waals surface area contributed by atoms with E-state index in [1.807, 2.05) is 6.20 Å². The zero-order valence-electron chi connectivity index (χ0n) is 9.44. The highest BCUT2D eigenvalue weighted by atomic mass is 32.1.